The number of cyclic esters (lactones) is 1. The van der Waals surface area contributed by atoms with E-state index in [9.17, 15) is 14.0 Å². The Morgan fingerprint density at radius 2 is 2.08 bits per heavy atom. The number of ether oxygens (including phenoxy) is 1. The number of anilines is 2. The Bertz CT molecular complexity index is 731. The van der Waals surface area contributed by atoms with Crippen LogP contribution in [0.5, 0.6) is 0 Å². The van der Waals surface area contributed by atoms with Gasteiger partial charge in [0.2, 0.25) is 5.91 Å². The zero-order valence-corrected chi connectivity index (χ0v) is 14.7. The highest BCUT2D eigenvalue weighted by Gasteiger charge is 2.45. The van der Waals surface area contributed by atoms with Crippen LogP contribution in [0.1, 0.15) is 13.3 Å². The minimum atomic E-state index is -0.530. The summed E-state index contributed by atoms with van der Waals surface area (Å²) in [5.74, 6) is 0.344. The number of nitrogens with zero attached hydrogens (tertiary/aromatic N) is 2. The highest BCUT2D eigenvalue weighted by Crippen LogP contribution is 2.41. The van der Waals surface area contributed by atoms with Crippen molar-refractivity contribution in [1.82, 2.24) is 5.32 Å². The van der Waals surface area contributed by atoms with E-state index in [0.717, 1.165) is 19.5 Å². The Hall–Kier alpha value is -2.35. The van der Waals surface area contributed by atoms with Crippen molar-refractivity contribution >= 4 is 23.4 Å². The second-order valence-electron chi connectivity index (χ2n) is 7.43. The van der Waals surface area contributed by atoms with Crippen molar-refractivity contribution in [3.05, 3.63) is 24.0 Å². The van der Waals surface area contributed by atoms with E-state index in [1.54, 1.807) is 12.1 Å². The van der Waals surface area contributed by atoms with Crippen molar-refractivity contribution in [2.45, 2.75) is 25.5 Å². The Labute approximate surface area is 151 Å². The number of carbonyl (C=O) groups excluding carboxylic acids is 2. The molecule has 4 fully saturated rings. The molecule has 3 N–H and O–H groups in total. The number of hydrogen-bond acceptors (Lipinski definition) is 5. The largest absolute Gasteiger partial charge is 0.442 e. The number of nitrogens with one attached hydrogen (secondary N) is 1. The van der Waals surface area contributed by atoms with E-state index in [2.05, 4.69) is 5.32 Å². The standard InChI is InChI=1S/C18H23FN4O3/c1-10(24)21-6-14-9-23(18(25)26-14)13-2-3-16(15(19)5-13)22-7-11-4-12(8-22)17(11)20/h2-3,5,11-12,14,17H,4,6-9,20H2,1H3,(H,21,24)/t11?,12?,14-,17?/m0/s1. The molecule has 1 aromatic rings. The number of benzene rings is 1. The molecule has 2 unspecified atom stereocenters. The van der Waals surface area contributed by atoms with Gasteiger partial charge in [-0.15, -0.1) is 0 Å². The van der Waals surface area contributed by atoms with Gasteiger partial charge in [-0.25, -0.2) is 9.18 Å². The predicted octanol–water partition coefficient (Wildman–Crippen LogP) is 1.07. The lowest BCUT2D eigenvalue weighted by Gasteiger charge is -2.52. The van der Waals surface area contributed by atoms with Crippen LogP contribution in [0.25, 0.3) is 0 Å². The van der Waals surface area contributed by atoms with Crippen molar-refractivity contribution in [2.24, 2.45) is 17.6 Å². The molecule has 140 valence electrons. The van der Waals surface area contributed by atoms with Gasteiger partial charge in [-0.3, -0.25) is 9.69 Å². The number of rotatable bonds is 4. The first-order chi connectivity index (χ1) is 12.4. The molecule has 8 heteroatoms. The first-order valence-corrected chi connectivity index (χ1v) is 8.95. The van der Waals surface area contributed by atoms with Crippen molar-refractivity contribution in [3.63, 3.8) is 0 Å². The minimum absolute atomic E-state index is 0.186. The third-order valence-electron chi connectivity index (χ3n) is 5.64. The smallest absolute Gasteiger partial charge is 0.414 e. The topological polar surface area (TPSA) is 87.9 Å². The van der Waals surface area contributed by atoms with Gasteiger partial charge in [0.05, 0.1) is 24.5 Å². The van der Waals surface area contributed by atoms with Gasteiger partial charge in [0.15, 0.2) is 0 Å². The molecule has 0 aromatic heterocycles. The zero-order valence-electron chi connectivity index (χ0n) is 14.7. The van der Waals surface area contributed by atoms with Gasteiger partial charge in [-0.05, 0) is 36.5 Å². The number of fused-ring (bicyclic) bond motifs is 2. The first kappa shape index (κ1) is 17.1. The maximum Gasteiger partial charge on any atom is 0.414 e. The molecule has 7 nitrogen and oxygen atoms in total. The van der Waals surface area contributed by atoms with E-state index in [1.165, 1.54) is 17.9 Å². The van der Waals surface area contributed by atoms with E-state index < -0.39 is 12.2 Å². The number of nitrogens with two attached hydrogens (primary N) is 1. The lowest BCUT2D eigenvalue weighted by atomic mass is 9.66. The number of hydrogen-bond donors (Lipinski definition) is 2. The van der Waals surface area contributed by atoms with Crippen molar-refractivity contribution in [2.75, 3.05) is 36.0 Å². The Morgan fingerprint density at radius 3 is 2.69 bits per heavy atom. The molecule has 3 atom stereocenters. The van der Waals surface area contributed by atoms with Crippen molar-refractivity contribution < 1.29 is 18.7 Å². The van der Waals surface area contributed by atoms with Gasteiger partial charge in [-0.1, -0.05) is 0 Å². The van der Waals surface area contributed by atoms with Crippen LogP contribution in [0.3, 0.4) is 0 Å². The number of carbonyl (C=O) groups is 2. The third-order valence-corrected chi connectivity index (χ3v) is 5.64. The summed E-state index contributed by atoms with van der Waals surface area (Å²) < 4.78 is 19.9. The Balaban J connectivity index is 1.44. The van der Waals surface area contributed by atoms with Gasteiger partial charge in [-0.2, -0.15) is 0 Å². The number of piperidine rings is 2. The fourth-order valence-corrected chi connectivity index (χ4v) is 4.14. The van der Waals surface area contributed by atoms with E-state index in [4.69, 9.17) is 10.5 Å². The minimum Gasteiger partial charge on any atom is -0.442 e. The van der Waals surface area contributed by atoms with Gasteiger partial charge in [0.1, 0.15) is 11.9 Å². The second-order valence-corrected chi connectivity index (χ2v) is 7.43. The molecule has 0 radical (unpaired) electrons. The maximum absolute atomic E-state index is 14.7. The van der Waals surface area contributed by atoms with Crippen LogP contribution in [-0.4, -0.2) is 50.3 Å². The molecule has 2 amide bonds. The highest BCUT2D eigenvalue weighted by atomic mass is 19.1. The van der Waals surface area contributed by atoms with Crippen LogP contribution < -0.4 is 20.9 Å². The molecular weight excluding hydrogens is 339 g/mol. The van der Waals surface area contributed by atoms with E-state index in [1.807, 2.05) is 4.90 Å². The van der Waals surface area contributed by atoms with Crippen LogP contribution in [0, 0.1) is 17.7 Å². The molecule has 3 aliphatic heterocycles. The fourth-order valence-electron chi connectivity index (χ4n) is 4.14. The molecule has 0 spiro atoms. The molecule has 1 saturated carbocycles. The highest BCUT2D eigenvalue weighted by molar-refractivity contribution is 5.90. The van der Waals surface area contributed by atoms with Crippen LogP contribution in [-0.2, 0) is 9.53 Å². The molecule has 1 aromatic carbocycles. The third kappa shape index (κ3) is 2.98. The predicted molar refractivity (Wildman–Crippen MR) is 94.5 cm³/mol. The van der Waals surface area contributed by atoms with Crippen molar-refractivity contribution in [3.8, 4) is 0 Å². The van der Waals surface area contributed by atoms with Crippen LogP contribution in [0.4, 0.5) is 20.6 Å². The van der Waals surface area contributed by atoms with Gasteiger partial charge >= 0.3 is 6.09 Å². The van der Waals surface area contributed by atoms with Crippen LogP contribution >= 0.6 is 0 Å². The van der Waals surface area contributed by atoms with E-state index in [-0.39, 0.29) is 30.9 Å². The second kappa shape index (κ2) is 6.42. The molecule has 26 heavy (non-hydrogen) atoms. The fraction of sp³-hybridized carbons (Fsp3) is 0.556. The average molecular weight is 362 g/mol. The summed E-state index contributed by atoms with van der Waals surface area (Å²) >= 11 is 0. The first-order valence-electron chi connectivity index (χ1n) is 8.95. The molecule has 5 rings (SSSR count). The lowest BCUT2D eigenvalue weighted by Crippen LogP contribution is -2.62. The summed E-state index contributed by atoms with van der Waals surface area (Å²) in [5.41, 5.74) is 7.09. The summed E-state index contributed by atoms with van der Waals surface area (Å²) in [4.78, 5) is 26.5. The number of amides is 2. The summed E-state index contributed by atoms with van der Waals surface area (Å²) in [5, 5.41) is 2.62. The van der Waals surface area contributed by atoms with Crippen LogP contribution in [0.2, 0.25) is 0 Å². The molecule has 2 bridgehead atoms. The SMILES string of the molecule is CC(=O)NC[C@H]1CN(c2ccc(N3CC4CC(C3)C4N)c(F)c2)C(=O)O1. The lowest BCUT2D eigenvalue weighted by molar-refractivity contribution is -0.119. The van der Waals surface area contributed by atoms with E-state index in [0.29, 0.717) is 23.2 Å². The summed E-state index contributed by atoms with van der Waals surface area (Å²) in [6.07, 6.45) is 0.162. The maximum atomic E-state index is 14.7. The normalized spacial score (nSPS) is 30.0. The number of halogens is 1. The zero-order chi connectivity index (χ0) is 18.4. The average Bonchev–Trinajstić information content (AvgIpc) is 3.00. The van der Waals surface area contributed by atoms with Gasteiger partial charge < -0.3 is 20.7 Å². The monoisotopic (exact) mass is 362 g/mol. The molecule has 4 aliphatic rings. The van der Waals surface area contributed by atoms with E-state index >= 15 is 0 Å². The molecular formula is C18H23FN4O3. The quantitative estimate of drug-likeness (QED) is 0.837. The molecule has 1 aliphatic carbocycles. The summed E-state index contributed by atoms with van der Waals surface area (Å²) in [6, 6.07) is 5.07. The summed E-state index contributed by atoms with van der Waals surface area (Å²) in [7, 11) is 0. The Kier molecular flexibility index (Phi) is 4.22. The molecule has 3 saturated heterocycles. The van der Waals surface area contributed by atoms with Crippen molar-refractivity contribution in [1.29, 1.82) is 0 Å². The molecule has 3 heterocycles. The van der Waals surface area contributed by atoms with Crippen LogP contribution in [0.15, 0.2) is 18.2 Å². The summed E-state index contributed by atoms with van der Waals surface area (Å²) in [6.45, 7) is 3.48. The van der Waals surface area contributed by atoms with Gasteiger partial charge in [0.25, 0.3) is 0 Å². The van der Waals surface area contributed by atoms with Gasteiger partial charge in [0, 0.05) is 26.1 Å². The Morgan fingerprint density at radius 1 is 1.35 bits per heavy atom.